The highest BCUT2D eigenvalue weighted by Gasteiger charge is 2.13. The lowest BCUT2D eigenvalue weighted by molar-refractivity contribution is -0.136. The molecule has 1 N–H and O–H groups in total. The minimum Gasteiger partial charge on any atom is -0.374 e. The summed E-state index contributed by atoms with van der Waals surface area (Å²) in [7, 11) is 0. The van der Waals surface area contributed by atoms with Crippen LogP contribution in [0.4, 0.5) is 0 Å². The fourth-order valence-corrected chi connectivity index (χ4v) is 0.396. The maximum absolute atomic E-state index is 9.69. The van der Waals surface area contributed by atoms with Crippen molar-refractivity contribution in [3.8, 4) is 0 Å². The monoisotopic (exact) mass is 145 g/mol. The van der Waals surface area contributed by atoms with E-state index in [1.807, 2.05) is 0 Å². The van der Waals surface area contributed by atoms with Crippen molar-refractivity contribution >= 4 is 6.47 Å². The molecule has 60 valence electrons. The van der Waals surface area contributed by atoms with Crippen LogP contribution in [0.25, 0.3) is 0 Å². The summed E-state index contributed by atoms with van der Waals surface area (Å²) >= 11 is 0. The molecule has 3 nitrogen and oxygen atoms in total. The van der Waals surface area contributed by atoms with Gasteiger partial charge < -0.3 is 4.84 Å². The summed E-state index contributed by atoms with van der Waals surface area (Å²) in [6.07, 6.45) is 1.06. The van der Waals surface area contributed by atoms with Crippen LogP contribution in [-0.4, -0.2) is 13.0 Å². The van der Waals surface area contributed by atoms with Crippen molar-refractivity contribution in [3.63, 3.8) is 0 Å². The highest BCUT2D eigenvalue weighted by atomic mass is 16.7. The quantitative estimate of drug-likeness (QED) is 0.357. The molecule has 0 fully saturated rings. The number of rotatable bonds is 5. The lowest BCUT2D eigenvalue weighted by atomic mass is 9.91. The minimum atomic E-state index is 0.197. The highest BCUT2D eigenvalue weighted by Crippen LogP contribution is 2.17. The van der Waals surface area contributed by atoms with Crippen LogP contribution in [0.15, 0.2) is 0 Å². The maximum Gasteiger partial charge on any atom is 0.312 e. The highest BCUT2D eigenvalue weighted by molar-refractivity contribution is 5.36. The van der Waals surface area contributed by atoms with E-state index in [-0.39, 0.29) is 5.41 Å². The average molecular weight is 145 g/mol. The van der Waals surface area contributed by atoms with Gasteiger partial charge in [-0.25, -0.2) is 0 Å². The van der Waals surface area contributed by atoms with E-state index in [4.69, 9.17) is 0 Å². The van der Waals surface area contributed by atoms with E-state index in [0.29, 0.717) is 13.0 Å². The minimum absolute atomic E-state index is 0.197. The summed E-state index contributed by atoms with van der Waals surface area (Å²) in [5, 5.41) is 0. The number of carbonyl (C=O) groups is 1. The Kier molecular flexibility index (Phi) is 4.03. The Labute approximate surface area is 61.7 Å². The predicted molar refractivity (Wildman–Crippen MR) is 39.2 cm³/mol. The number of carbonyl (C=O) groups excluding carboxylic acids is 1. The van der Waals surface area contributed by atoms with Crippen LogP contribution in [0.2, 0.25) is 0 Å². The van der Waals surface area contributed by atoms with E-state index in [1.54, 1.807) is 0 Å². The molecule has 0 aromatic carbocycles. The summed E-state index contributed by atoms with van der Waals surface area (Å²) in [5.41, 5.74) is 2.76. The molecule has 0 aromatic heterocycles. The van der Waals surface area contributed by atoms with E-state index in [1.165, 1.54) is 0 Å². The van der Waals surface area contributed by atoms with Crippen molar-refractivity contribution in [1.82, 2.24) is 5.48 Å². The first kappa shape index (κ1) is 9.43. The van der Waals surface area contributed by atoms with E-state index in [2.05, 4.69) is 31.1 Å². The van der Waals surface area contributed by atoms with Crippen LogP contribution in [0.5, 0.6) is 0 Å². The van der Waals surface area contributed by atoms with Gasteiger partial charge in [-0.2, -0.15) is 5.48 Å². The maximum atomic E-state index is 9.69. The first-order valence-corrected chi connectivity index (χ1v) is 3.44. The van der Waals surface area contributed by atoms with Gasteiger partial charge in [0.05, 0.1) is 0 Å². The second kappa shape index (κ2) is 4.28. The fraction of sp³-hybridized carbons (Fsp3) is 0.857. The molecule has 0 saturated carbocycles. The molecule has 0 aromatic rings. The van der Waals surface area contributed by atoms with Crippen molar-refractivity contribution in [2.24, 2.45) is 5.41 Å². The van der Waals surface area contributed by atoms with E-state index in [0.717, 1.165) is 6.42 Å². The van der Waals surface area contributed by atoms with Crippen LogP contribution >= 0.6 is 0 Å². The number of nitrogens with one attached hydrogen (secondary N) is 1. The molecule has 0 radical (unpaired) electrons. The SMILES string of the molecule is CCC(C)(C)CNOC=O. The Bertz CT molecular complexity index is 102. The largest absolute Gasteiger partial charge is 0.374 e. The Morgan fingerprint density at radius 3 is 2.60 bits per heavy atom. The molecule has 10 heavy (non-hydrogen) atoms. The zero-order valence-electron chi connectivity index (χ0n) is 6.81. The first-order chi connectivity index (χ1) is 4.62. The van der Waals surface area contributed by atoms with Gasteiger partial charge >= 0.3 is 6.47 Å². The number of hydroxylamine groups is 1. The van der Waals surface area contributed by atoms with Crippen molar-refractivity contribution < 1.29 is 9.63 Å². The van der Waals surface area contributed by atoms with Crippen molar-refractivity contribution in [2.45, 2.75) is 27.2 Å². The van der Waals surface area contributed by atoms with Crippen LogP contribution in [0.1, 0.15) is 27.2 Å². The molecule has 0 amide bonds. The molecule has 3 heteroatoms. The first-order valence-electron chi connectivity index (χ1n) is 3.44. The standard InChI is InChI=1S/C7H15NO2/c1-4-7(2,3)5-8-10-6-9/h6,8H,4-5H2,1-3H3. The van der Waals surface area contributed by atoms with Crippen molar-refractivity contribution in [1.29, 1.82) is 0 Å². The van der Waals surface area contributed by atoms with Gasteiger partial charge in [-0.05, 0) is 11.8 Å². The van der Waals surface area contributed by atoms with Crippen LogP contribution in [-0.2, 0) is 9.63 Å². The van der Waals surface area contributed by atoms with Gasteiger partial charge in [0.1, 0.15) is 0 Å². The molecular weight excluding hydrogens is 130 g/mol. The Balaban J connectivity index is 3.36. The molecule has 0 spiro atoms. The van der Waals surface area contributed by atoms with Gasteiger partial charge in [-0.1, -0.05) is 20.8 Å². The van der Waals surface area contributed by atoms with Crippen LogP contribution in [0.3, 0.4) is 0 Å². The fourth-order valence-electron chi connectivity index (χ4n) is 0.396. The van der Waals surface area contributed by atoms with E-state index in [9.17, 15) is 4.79 Å². The topological polar surface area (TPSA) is 38.3 Å². The summed E-state index contributed by atoms with van der Waals surface area (Å²) in [4.78, 5) is 14.0. The molecule has 0 saturated heterocycles. The van der Waals surface area contributed by atoms with E-state index >= 15 is 0 Å². The van der Waals surface area contributed by atoms with Crippen LogP contribution < -0.4 is 5.48 Å². The Morgan fingerprint density at radius 1 is 1.60 bits per heavy atom. The Hall–Kier alpha value is -0.570. The zero-order chi connectivity index (χ0) is 8.04. The van der Waals surface area contributed by atoms with Crippen LogP contribution in [0, 0.1) is 5.41 Å². The van der Waals surface area contributed by atoms with Gasteiger partial charge in [-0.15, -0.1) is 0 Å². The summed E-state index contributed by atoms with van der Waals surface area (Å²) in [6.45, 7) is 7.40. The average Bonchev–Trinajstić information content (AvgIpc) is 1.89. The molecule has 0 rings (SSSR count). The third-order valence-corrected chi connectivity index (χ3v) is 1.64. The lowest BCUT2D eigenvalue weighted by Crippen LogP contribution is -2.28. The molecule has 0 unspecified atom stereocenters. The second-order valence-electron chi connectivity index (χ2n) is 3.05. The molecular formula is C7H15NO2. The van der Waals surface area contributed by atoms with Gasteiger partial charge in [-0.3, -0.25) is 4.79 Å². The van der Waals surface area contributed by atoms with Crippen molar-refractivity contribution in [2.75, 3.05) is 6.54 Å². The molecule has 0 aliphatic rings. The molecule has 0 aliphatic heterocycles. The molecule has 0 atom stereocenters. The second-order valence-corrected chi connectivity index (χ2v) is 3.05. The normalized spacial score (nSPS) is 11.1. The number of hydrogen-bond acceptors (Lipinski definition) is 3. The smallest absolute Gasteiger partial charge is 0.312 e. The van der Waals surface area contributed by atoms with Gasteiger partial charge in [0.25, 0.3) is 0 Å². The molecule has 0 heterocycles. The lowest BCUT2D eigenvalue weighted by Gasteiger charge is -2.21. The van der Waals surface area contributed by atoms with Gasteiger partial charge in [0, 0.05) is 6.54 Å². The summed E-state index contributed by atoms with van der Waals surface area (Å²) in [5.74, 6) is 0. The summed E-state index contributed by atoms with van der Waals surface area (Å²) < 4.78 is 0. The summed E-state index contributed by atoms with van der Waals surface area (Å²) in [6, 6.07) is 0. The van der Waals surface area contributed by atoms with Gasteiger partial charge in [0.15, 0.2) is 0 Å². The Morgan fingerprint density at radius 2 is 2.20 bits per heavy atom. The third kappa shape index (κ3) is 4.32. The molecule has 0 bridgehead atoms. The molecule has 0 aliphatic carbocycles. The predicted octanol–water partition coefficient (Wildman–Crippen LogP) is 1.10. The zero-order valence-corrected chi connectivity index (χ0v) is 6.81. The third-order valence-electron chi connectivity index (χ3n) is 1.64. The number of hydrogen-bond donors (Lipinski definition) is 1. The van der Waals surface area contributed by atoms with Gasteiger partial charge in [0.2, 0.25) is 0 Å². The van der Waals surface area contributed by atoms with E-state index < -0.39 is 0 Å². The van der Waals surface area contributed by atoms with Crippen molar-refractivity contribution in [3.05, 3.63) is 0 Å².